The van der Waals surface area contributed by atoms with E-state index in [-0.39, 0.29) is 0 Å². The lowest BCUT2D eigenvalue weighted by atomic mass is 9.91. The van der Waals surface area contributed by atoms with Crippen molar-refractivity contribution < 1.29 is 0 Å². The van der Waals surface area contributed by atoms with E-state index in [1.54, 1.807) is 0 Å². The van der Waals surface area contributed by atoms with E-state index in [9.17, 15) is 0 Å². The average Bonchev–Trinajstić information content (AvgIpc) is 2.57. The highest BCUT2D eigenvalue weighted by Gasteiger charge is 2.06. The number of hydrogen-bond donors (Lipinski definition) is 0. The van der Waals surface area contributed by atoms with Crippen molar-refractivity contribution in [1.29, 1.82) is 0 Å². The van der Waals surface area contributed by atoms with Crippen molar-refractivity contribution in [2.45, 2.75) is 6.42 Å². The Morgan fingerprint density at radius 1 is 0.636 bits per heavy atom. The van der Waals surface area contributed by atoms with E-state index < -0.39 is 0 Å². The highest BCUT2D eigenvalue weighted by Crippen LogP contribution is 2.29. The first-order chi connectivity index (χ1) is 10.8. The van der Waals surface area contributed by atoms with Gasteiger partial charge in [0.15, 0.2) is 0 Å². The Bertz CT molecular complexity index is 952. The molecular formula is C21H15B. The van der Waals surface area contributed by atoms with Crippen LogP contribution in [0.1, 0.15) is 11.1 Å². The largest absolute Gasteiger partial charge is 0.113 e. The van der Waals surface area contributed by atoms with Gasteiger partial charge in [-0.05, 0) is 39.1 Å². The van der Waals surface area contributed by atoms with Crippen LogP contribution in [0.2, 0.25) is 0 Å². The molecule has 102 valence electrons. The maximum Gasteiger partial charge on any atom is 0.113 e. The molecule has 2 radical (unpaired) electrons. The van der Waals surface area contributed by atoms with Crippen molar-refractivity contribution in [3.05, 3.63) is 90.0 Å². The molecule has 0 fully saturated rings. The molecule has 0 aromatic heterocycles. The van der Waals surface area contributed by atoms with Gasteiger partial charge in [0.05, 0.1) is 0 Å². The van der Waals surface area contributed by atoms with Crippen LogP contribution in [0.25, 0.3) is 21.5 Å². The third-order valence-electron chi connectivity index (χ3n) is 4.23. The monoisotopic (exact) mass is 278 g/mol. The number of benzene rings is 4. The van der Waals surface area contributed by atoms with E-state index in [1.165, 1.54) is 32.7 Å². The van der Waals surface area contributed by atoms with Gasteiger partial charge in [-0.1, -0.05) is 84.3 Å². The van der Waals surface area contributed by atoms with E-state index in [2.05, 4.69) is 66.7 Å². The van der Waals surface area contributed by atoms with Crippen molar-refractivity contribution in [2.24, 2.45) is 0 Å². The molecule has 0 atom stereocenters. The summed E-state index contributed by atoms with van der Waals surface area (Å²) < 4.78 is 0. The van der Waals surface area contributed by atoms with Crippen molar-refractivity contribution in [1.82, 2.24) is 0 Å². The Labute approximate surface area is 131 Å². The molecule has 0 N–H and O–H groups in total. The number of hydrogen-bond acceptors (Lipinski definition) is 0. The minimum atomic E-state index is 0.812. The second-order valence-corrected chi connectivity index (χ2v) is 5.72. The van der Waals surface area contributed by atoms with Gasteiger partial charge in [-0.3, -0.25) is 0 Å². The van der Waals surface area contributed by atoms with Gasteiger partial charge in [-0.25, -0.2) is 0 Å². The molecule has 22 heavy (non-hydrogen) atoms. The first-order valence-corrected chi connectivity index (χ1v) is 7.55. The minimum Gasteiger partial charge on any atom is -0.0967 e. The lowest BCUT2D eigenvalue weighted by molar-refractivity contribution is 1.22. The van der Waals surface area contributed by atoms with Gasteiger partial charge in [0.1, 0.15) is 7.85 Å². The van der Waals surface area contributed by atoms with Crippen LogP contribution in [-0.4, -0.2) is 7.85 Å². The molecule has 0 aliphatic heterocycles. The fourth-order valence-electron chi connectivity index (χ4n) is 3.13. The summed E-state index contributed by atoms with van der Waals surface area (Å²) in [5.41, 5.74) is 3.46. The Kier molecular flexibility index (Phi) is 3.19. The normalized spacial score (nSPS) is 11.1. The van der Waals surface area contributed by atoms with Crippen LogP contribution in [0.4, 0.5) is 0 Å². The molecule has 1 heteroatoms. The van der Waals surface area contributed by atoms with Crippen molar-refractivity contribution in [2.75, 3.05) is 0 Å². The van der Waals surface area contributed by atoms with E-state index in [0.717, 1.165) is 11.9 Å². The quantitative estimate of drug-likeness (QED) is 0.377. The Hall–Kier alpha value is -2.54. The predicted molar refractivity (Wildman–Crippen MR) is 96.1 cm³/mol. The molecule has 0 spiro atoms. The first kappa shape index (κ1) is 13.2. The van der Waals surface area contributed by atoms with Crippen molar-refractivity contribution in [3.8, 4) is 0 Å². The molecule has 0 aliphatic rings. The summed E-state index contributed by atoms with van der Waals surface area (Å²) in [6.07, 6.45) is 0.922. The summed E-state index contributed by atoms with van der Waals surface area (Å²) in [6, 6.07) is 27.7. The summed E-state index contributed by atoms with van der Waals surface area (Å²) in [7, 11) is 5.78. The second kappa shape index (κ2) is 5.34. The third-order valence-corrected chi connectivity index (χ3v) is 4.23. The van der Waals surface area contributed by atoms with Crippen LogP contribution in [-0.2, 0) is 6.42 Å². The molecule has 0 bridgehead atoms. The zero-order chi connectivity index (χ0) is 14.9. The summed E-state index contributed by atoms with van der Waals surface area (Å²) in [5, 5.41) is 5.27. The van der Waals surface area contributed by atoms with E-state index >= 15 is 0 Å². The molecule has 0 unspecified atom stereocenters. The number of fused-ring (bicyclic) bond motifs is 3. The Balaban J connectivity index is 1.93. The van der Waals surface area contributed by atoms with Crippen molar-refractivity contribution >= 4 is 34.9 Å². The molecule has 0 saturated carbocycles. The van der Waals surface area contributed by atoms with Crippen LogP contribution in [0.3, 0.4) is 0 Å². The van der Waals surface area contributed by atoms with Gasteiger partial charge in [0.25, 0.3) is 0 Å². The SMILES string of the molecule is [B]c1ccc(Cc2cc3ccccc3c3ccccc23)cc1. The zero-order valence-electron chi connectivity index (χ0n) is 12.3. The maximum absolute atomic E-state index is 5.78. The highest BCUT2D eigenvalue weighted by molar-refractivity contribution is 6.32. The number of rotatable bonds is 2. The van der Waals surface area contributed by atoms with Crippen LogP contribution < -0.4 is 5.46 Å². The van der Waals surface area contributed by atoms with Gasteiger partial charge < -0.3 is 0 Å². The van der Waals surface area contributed by atoms with E-state index in [1.807, 2.05) is 12.1 Å². The minimum absolute atomic E-state index is 0.812. The molecule has 4 aromatic rings. The Morgan fingerprint density at radius 2 is 1.27 bits per heavy atom. The summed E-state index contributed by atoms with van der Waals surface area (Å²) >= 11 is 0. The summed E-state index contributed by atoms with van der Waals surface area (Å²) in [5.74, 6) is 0. The molecule has 0 heterocycles. The molecular weight excluding hydrogens is 263 g/mol. The van der Waals surface area contributed by atoms with Crippen LogP contribution in [0.5, 0.6) is 0 Å². The van der Waals surface area contributed by atoms with Gasteiger partial charge in [-0.15, -0.1) is 0 Å². The lowest BCUT2D eigenvalue weighted by Crippen LogP contribution is -2.01. The van der Waals surface area contributed by atoms with Crippen molar-refractivity contribution in [3.63, 3.8) is 0 Å². The van der Waals surface area contributed by atoms with Crippen LogP contribution in [0.15, 0.2) is 78.9 Å². The molecule has 4 aromatic carbocycles. The molecule has 4 rings (SSSR count). The van der Waals surface area contributed by atoms with E-state index in [4.69, 9.17) is 7.85 Å². The molecule has 0 nitrogen and oxygen atoms in total. The molecule has 0 amide bonds. The first-order valence-electron chi connectivity index (χ1n) is 7.55. The van der Waals surface area contributed by atoms with Gasteiger partial charge in [0, 0.05) is 0 Å². The Morgan fingerprint density at radius 3 is 2.05 bits per heavy atom. The maximum atomic E-state index is 5.78. The predicted octanol–water partition coefficient (Wildman–Crippen LogP) is 4.38. The molecule has 0 aliphatic carbocycles. The zero-order valence-corrected chi connectivity index (χ0v) is 12.3. The highest BCUT2D eigenvalue weighted by atomic mass is 14.1. The van der Waals surface area contributed by atoms with E-state index in [0.29, 0.717) is 0 Å². The van der Waals surface area contributed by atoms with Crippen LogP contribution >= 0.6 is 0 Å². The van der Waals surface area contributed by atoms with Gasteiger partial charge >= 0.3 is 0 Å². The van der Waals surface area contributed by atoms with Gasteiger partial charge in [0.2, 0.25) is 0 Å². The third kappa shape index (κ3) is 2.29. The smallest absolute Gasteiger partial charge is 0.0967 e. The summed E-state index contributed by atoms with van der Waals surface area (Å²) in [4.78, 5) is 0. The fraction of sp³-hybridized carbons (Fsp3) is 0.0476. The summed E-state index contributed by atoms with van der Waals surface area (Å²) in [6.45, 7) is 0. The second-order valence-electron chi connectivity index (χ2n) is 5.72. The van der Waals surface area contributed by atoms with Crippen LogP contribution in [0, 0.1) is 0 Å². The van der Waals surface area contributed by atoms with Gasteiger partial charge in [-0.2, -0.15) is 0 Å². The average molecular weight is 278 g/mol. The topological polar surface area (TPSA) is 0 Å². The standard InChI is InChI=1S/C21H15B/c22-18-11-9-15(10-12-18)13-17-14-16-5-1-2-6-19(16)21-8-4-3-7-20(17)21/h1-12,14H,13H2. The molecule has 0 saturated heterocycles. The fourth-order valence-corrected chi connectivity index (χ4v) is 3.13. The lowest BCUT2D eigenvalue weighted by Gasteiger charge is -2.11.